The van der Waals surface area contributed by atoms with E-state index >= 15 is 0 Å². The van der Waals surface area contributed by atoms with Crippen LogP contribution in [-0.4, -0.2) is 140 Å². The van der Waals surface area contributed by atoms with E-state index in [0.717, 1.165) is 27.9 Å². The number of allylic oxidation sites excluding steroid dienone is 3. The fourth-order valence-corrected chi connectivity index (χ4v) is 8.33. The van der Waals surface area contributed by atoms with Gasteiger partial charge in [0.15, 0.2) is 12.1 Å². The van der Waals surface area contributed by atoms with Gasteiger partial charge in [0.05, 0.1) is 66.2 Å². The number of aliphatic hydroxyl groups is 3. The third kappa shape index (κ3) is 11.9. The van der Waals surface area contributed by atoms with E-state index in [4.69, 9.17) is 19.9 Å². The molecule has 2 unspecified atom stereocenters. The van der Waals surface area contributed by atoms with Gasteiger partial charge in [-0.1, -0.05) is 61.9 Å². The van der Waals surface area contributed by atoms with Crippen LogP contribution in [0.2, 0.25) is 0 Å². The molecule has 5 rings (SSSR count). The van der Waals surface area contributed by atoms with Crippen molar-refractivity contribution in [1.29, 1.82) is 0 Å². The largest absolute Gasteiger partial charge is 0.462 e. The third-order valence-corrected chi connectivity index (χ3v) is 11.9. The first-order valence-electron chi connectivity index (χ1n) is 20.9. The molecule has 2 aromatic heterocycles. The number of benzene rings is 1. The number of para-hydroxylation sites is 1. The van der Waals surface area contributed by atoms with Crippen molar-refractivity contribution in [3.63, 3.8) is 0 Å². The lowest BCUT2D eigenvalue weighted by Gasteiger charge is -2.46. The van der Waals surface area contributed by atoms with E-state index < -0.39 is 66.8 Å². The Morgan fingerprint density at radius 3 is 2.51 bits per heavy atom. The van der Waals surface area contributed by atoms with E-state index in [2.05, 4.69) is 20.2 Å². The first-order valence-corrected chi connectivity index (χ1v) is 20.9. The first kappa shape index (κ1) is 46.1. The number of fused-ring (bicyclic) bond motifs is 1. The topological polar surface area (TPSA) is 199 Å². The molecule has 15 heteroatoms. The van der Waals surface area contributed by atoms with Crippen molar-refractivity contribution < 1.29 is 39.1 Å². The summed E-state index contributed by atoms with van der Waals surface area (Å²) in [5, 5.41) is 44.1. The molecule has 0 saturated carbocycles. The summed E-state index contributed by atoms with van der Waals surface area (Å²) in [6, 6.07) is 9.19. The summed E-state index contributed by atoms with van der Waals surface area (Å²) in [5.74, 6) is -2.41. The van der Waals surface area contributed by atoms with E-state index in [1.807, 2.05) is 70.4 Å². The second-order valence-corrected chi connectivity index (χ2v) is 16.8. The minimum absolute atomic E-state index is 0.0731. The Kier molecular flexibility index (Phi) is 16.5. The minimum atomic E-state index is -1.25. The molecule has 59 heavy (non-hydrogen) atoms. The molecule has 4 heterocycles. The summed E-state index contributed by atoms with van der Waals surface area (Å²) in [6.07, 6.45) is 3.39. The molecule has 1 fully saturated rings. The molecule has 324 valence electrons. The molecule has 0 bridgehead atoms. The zero-order valence-corrected chi connectivity index (χ0v) is 35.8. The number of cyclic esters (lactones) is 1. The number of ketones is 1. The lowest BCUT2D eigenvalue weighted by Crippen LogP contribution is -2.63. The zero-order valence-electron chi connectivity index (χ0n) is 35.8. The highest BCUT2D eigenvalue weighted by molar-refractivity contribution is 5.91. The van der Waals surface area contributed by atoms with Crippen molar-refractivity contribution in [2.45, 2.75) is 116 Å². The number of likely N-dealkylation sites (N-methyl/N-ethyl adjacent to an activating group) is 1. The fraction of sp³-hybridized carbons (Fsp3) is 0.614. The monoisotopic (exact) mass is 819 g/mol. The molecule has 2 aliphatic heterocycles. The molecule has 15 nitrogen and oxygen atoms in total. The van der Waals surface area contributed by atoms with E-state index in [0.29, 0.717) is 32.4 Å². The van der Waals surface area contributed by atoms with E-state index in [-0.39, 0.29) is 30.6 Å². The number of carbonyl (C=O) groups is 2. The van der Waals surface area contributed by atoms with Crippen LogP contribution in [0.3, 0.4) is 0 Å². The fourth-order valence-electron chi connectivity index (χ4n) is 8.33. The lowest BCUT2D eigenvalue weighted by atomic mass is 9.79. The number of ether oxygens (including phenoxy) is 3. The van der Waals surface area contributed by atoms with Gasteiger partial charge in [-0.15, -0.1) is 5.10 Å². The summed E-state index contributed by atoms with van der Waals surface area (Å²) in [6.45, 7) is 10.4. The van der Waals surface area contributed by atoms with Crippen molar-refractivity contribution in [3.8, 4) is 5.69 Å². The van der Waals surface area contributed by atoms with Crippen LogP contribution in [0, 0.1) is 23.7 Å². The molecule has 5 N–H and O–H groups in total. The number of nitrogens with two attached hydrogens (primary N) is 1. The molecule has 0 spiro atoms. The number of hydrogen-bond donors (Lipinski definition) is 4. The number of aromatic nitrogens is 4. The van der Waals surface area contributed by atoms with Crippen LogP contribution in [-0.2, 0) is 30.3 Å². The molecule has 1 saturated heterocycles. The maximum atomic E-state index is 13.7. The van der Waals surface area contributed by atoms with Crippen molar-refractivity contribution in [2.24, 2.45) is 29.4 Å². The average molecular weight is 820 g/mol. The Bertz CT molecular complexity index is 1900. The van der Waals surface area contributed by atoms with Gasteiger partial charge in [0.1, 0.15) is 12.2 Å². The number of carbonyl (C=O) groups excluding carboxylic acids is 2. The molecule has 12 atom stereocenters. The number of esters is 1. The van der Waals surface area contributed by atoms with Gasteiger partial charge < -0.3 is 45.1 Å². The molecule has 0 aliphatic carbocycles. The number of rotatable bonds is 11. The third-order valence-electron chi connectivity index (χ3n) is 11.9. The van der Waals surface area contributed by atoms with Crippen LogP contribution >= 0.6 is 0 Å². The van der Waals surface area contributed by atoms with Crippen molar-refractivity contribution in [1.82, 2.24) is 29.8 Å². The van der Waals surface area contributed by atoms with Crippen LogP contribution < -0.4 is 5.73 Å². The number of aliphatic hydroxyl groups excluding tert-OH is 3. The summed E-state index contributed by atoms with van der Waals surface area (Å²) < 4.78 is 20.5. The minimum Gasteiger partial charge on any atom is -0.462 e. The zero-order chi connectivity index (χ0) is 43.0. The summed E-state index contributed by atoms with van der Waals surface area (Å²) >= 11 is 0. The van der Waals surface area contributed by atoms with Gasteiger partial charge in [-0.05, 0) is 84.9 Å². The molecular formula is C44H65N7O8. The highest BCUT2D eigenvalue weighted by Crippen LogP contribution is 2.35. The smallest absolute Gasteiger partial charge is 0.308 e. The Balaban J connectivity index is 1.44. The van der Waals surface area contributed by atoms with Crippen LogP contribution in [0.5, 0.6) is 0 Å². The van der Waals surface area contributed by atoms with Crippen LogP contribution in [0.1, 0.15) is 66.0 Å². The predicted octanol–water partition coefficient (Wildman–Crippen LogP) is 3.43. The number of hydrogen-bond acceptors (Lipinski definition) is 14. The van der Waals surface area contributed by atoms with Crippen molar-refractivity contribution >= 4 is 22.7 Å². The molecule has 3 aromatic rings. The second-order valence-electron chi connectivity index (χ2n) is 16.8. The van der Waals surface area contributed by atoms with Gasteiger partial charge in [-0.2, -0.15) is 0 Å². The number of pyridine rings is 1. The van der Waals surface area contributed by atoms with Gasteiger partial charge in [-0.3, -0.25) is 14.6 Å². The Labute approximate surface area is 348 Å². The maximum absolute atomic E-state index is 13.7. The molecule has 1 aromatic carbocycles. The predicted molar refractivity (Wildman–Crippen MR) is 224 cm³/mol. The van der Waals surface area contributed by atoms with Gasteiger partial charge in [0.2, 0.25) is 0 Å². The van der Waals surface area contributed by atoms with Crippen LogP contribution in [0.4, 0.5) is 0 Å². The summed E-state index contributed by atoms with van der Waals surface area (Å²) in [5.41, 5.74) is 9.36. The van der Waals surface area contributed by atoms with Gasteiger partial charge in [0.25, 0.3) is 0 Å². The lowest BCUT2D eigenvalue weighted by molar-refractivity contribution is -0.304. The first-order chi connectivity index (χ1) is 28.1. The summed E-state index contributed by atoms with van der Waals surface area (Å²) in [7, 11) is 5.51. The quantitative estimate of drug-likeness (QED) is 0.205. The molecule has 0 radical (unpaired) electrons. The van der Waals surface area contributed by atoms with E-state index in [9.17, 15) is 24.9 Å². The Hall–Kier alpha value is -3.93. The van der Waals surface area contributed by atoms with Gasteiger partial charge in [-0.25, -0.2) is 4.68 Å². The second kappa shape index (κ2) is 21.0. The maximum Gasteiger partial charge on any atom is 0.308 e. The highest BCUT2D eigenvalue weighted by atomic mass is 16.7. The molecule has 0 amide bonds. The van der Waals surface area contributed by atoms with E-state index in [1.165, 1.54) is 0 Å². The van der Waals surface area contributed by atoms with E-state index in [1.54, 1.807) is 55.9 Å². The normalized spacial score (nSPS) is 33.2. The molecular weight excluding hydrogens is 755 g/mol. The van der Waals surface area contributed by atoms with Crippen LogP contribution in [0.25, 0.3) is 16.6 Å². The highest BCUT2D eigenvalue weighted by Gasteiger charge is 2.47. The Morgan fingerprint density at radius 1 is 1.05 bits per heavy atom. The van der Waals surface area contributed by atoms with Crippen molar-refractivity contribution in [3.05, 3.63) is 72.2 Å². The van der Waals surface area contributed by atoms with Gasteiger partial charge in [0, 0.05) is 36.2 Å². The molecule has 2 aliphatic rings. The average Bonchev–Trinajstić information content (AvgIpc) is 3.68. The summed E-state index contributed by atoms with van der Waals surface area (Å²) in [4.78, 5) is 35.6. The standard InChI is InChI=1S/C44H65N7O8/c1-9-38-32(22-45)18-26(2)14-15-36(52)27(3)19-31(16-17-50(8)24-33-25-51(48-47-33)34-20-30-12-10-11-13-35(30)46-23-34)43(28(4)37(53)21-39(54)58-38)59-44-42(56)40(49(6)7)41(55)29(5)57-44/h10-15,18,20,23,25,27-29,31-32,37-38,40-44,53,55-56H,9,16-17,19,21-22,24,45H2,1-8H3/b15-14+,26-18+/t27-,28+,29-,31+,32-,37-,38-,40?,41-,42?,43-,44+/m1/s1. The van der Waals surface area contributed by atoms with Gasteiger partial charge >= 0.3 is 5.97 Å². The Morgan fingerprint density at radius 2 is 1.80 bits per heavy atom. The SMILES string of the molecule is CC[C@H]1OC(=O)C[C@@H](O)[C@H](C)[C@@H](O[C@@H]2O[C@H](C)[C@@H](O)C(N(C)C)C2O)[C@@H](CCN(C)Cc2cn(-c3cnc4ccccc4c3)nn2)C[C@@H](C)C(=O)/C=C/C(C)=C/[C@@H]1CN. The van der Waals surface area contributed by atoms with Crippen molar-refractivity contribution in [2.75, 3.05) is 34.2 Å². The number of nitrogens with zero attached hydrogens (tertiary/aromatic N) is 6. The van der Waals surface area contributed by atoms with Crippen LogP contribution in [0.15, 0.2) is 66.5 Å².